The molecule has 2 aliphatic rings. The van der Waals surface area contributed by atoms with Crippen molar-refractivity contribution in [2.24, 2.45) is 0 Å². The number of anilines is 1. The first-order valence-corrected chi connectivity index (χ1v) is 12.7. The number of rotatable bonds is 4. The van der Waals surface area contributed by atoms with Crippen LogP contribution < -0.4 is 9.64 Å². The average Bonchev–Trinajstić information content (AvgIpc) is 3.06. The van der Waals surface area contributed by atoms with E-state index >= 15 is 0 Å². The molecule has 0 spiro atoms. The summed E-state index contributed by atoms with van der Waals surface area (Å²) in [5.74, 6) is 0.698. The Balaban J connectivity index is 1.55. The molecular formula is C29H36N2O5. The van der Waals surface area contributed by atoms with Gasteiger partial charge in [0, 0.05) is 25.1 Å². The van der Waals surface area contributed by atoms with Crippen molar-refractivity contribution >= 4 is 23.9 Å². The molecule has 0 radical (unpaired) electrons. The van der Waals surface area contributed by atoms with Crippen LogP contribution in [0.4, 0.5) is 15.3 Å². The maximum absolute atomic E-state index is 13.1. The molecule has 2 amide bonds. The van der Waals surface area contributed by atoms with Crippen LogP contribution in [0.25, 0.3) is 6.08 Å². The Bertz CT molecular complexity index is 1120. The largest absolute Gasteiger partial charge is 0.489 e. The maximum atomic E-state index is 13.1. The second-order valence-electron chi connectivity index (χ2n) is 10.1. The van der Waals surface area contributed by atoms with Crippen molar-refractivity contribution in [2.75, 3.05) is 37.7 Å². The first-order chi connectivity index (χ1) is 17.3. The summed E-state index contributed by atoms with van der Waals surface area (Å²) in [6, 6.07) is 12.0. The Morgan fingerprint density at radius 2 is 1.81 bits per heavy atom. The molecule has 36 heavy (non-hydrogen) atoms. The van der Waals surface area contributed by atoms with Crippen LogP contribution in [0.3, 0.4) is 0 Å². The van der Waals surface area contributed by atoms with E-state index in [1.54, 1.807) is 9.80 Å². The fraction of sp³-hybridized carbons (Fsp3) is 0.448. The average molecular weight is 493 g/mol. The number of allylic oxidation sites excluding steroid dienone is 1. The van der Waals surface area contributed by atoms with Gasteiger partial charge in [-0.15, -0.1) is 0 Å². The molecule has 0 aromatic heterocycles. The number of carbonyl (C=O) groups excluding carboxylic acids is 2. The van der Waals surface area contributed by atoms with E-state index in [2.05, 4.69) is 0 Å². The third-order valence-electron chi connectivity index (χ3n) is 6.30. The summed E-state index contributed by atoms with van der Waals surface area (Å²) in [7, 11) is 0. The normalized spacial score (nSPS) is 15.6. The van der Waals surface area contributed by atoms with E-state index in [1.165, 1.54) is 0 Å². The molecule has 2 aromatic carbocycles. The zero-order valence-corrected chi connectivity index (χ0v) is 21.7. The molecule has 0 fully saturated rings. The van der Waals surface area contributed by atoms with E-state index in [-0.39, 0.29) is 12.2 Å². The first-order valence-electron chi connectivity index (χ1n) is 12.7. The molecule has 4 rings (SSSR count). The van der Waals surface area contributed by atoms with E-state index in [4.69, 9.17) is 14.2 Å². The van der Waals surface area contributed by atoms with Gasteiger partial charge < -0.3 is 19.1 Å². The summed E-state index contributed by atoms with van der Waals surface area (Å²) in [6.07, 6.45) is 5.37. The summed E-state index contributed by atoms with van der Waals surface area (Å²) in [5.41, 5.74) is 4.54. The molecule has 2 heterocycles. The fourth-order valence-electron chi connectivity index (χ4n) is 4.63. The SMILES string of the molecule is CC=Cc1c2c(cc3c1OCCN3C(=O)OCCc1ccccc1)CCN(C(=O)OC(C)(C)C)CC2. The lowest BCUT2D eigenvalue weighted by atomic mass is 9.94. The van der Waals surface area contributed by atoms with Gasteiger partial charge in [-0.1, -0.05) is 42.5 Å². The molecule has 0 N–H and O–H groups in total. The van der Waals surface area contributed by atoms with E-state index < -0.39 is 5.60 Å². The highest BCUT2D eigenvalue weighted by atomic mass is 16.6. The molecule has 2 aliphatic heterocycles. The third-order valence-corrected chi connectivity index (χ3v) is 6.30. The van der Waals surface area contributed by atoms with E-state index in [1.807, 2.05) is 76.2 Å². The number of amides is 2. The van der Waals surface area contributed by atoms with Crippen molar-refractivity contribution in [3.63, 3.8) is 0 Å². The van der Waals surface area contributed by atoms with Crippen molar-refractivity contribution < 1.29 is 23.8 Å². The standard InChI is InChI=1S/C29H36N2O5/c1-5-9-24-23-13-16-30(27(32)36-29(2,3)4)15-12-22(23)20-25-26(24)34-19-17-31(25)28(33)35-18-14-21-10-7-6-8-11-21/h5-11,20H,12-19H2,1-4H3. The van der Waals surface area contributed by atoms with Gasteiger partial charge in [0.1, 0.15) is 12.2 Å². The van der Waals surface area contributed by atoms with Gasteiger partial charge in [-0.25, -0.2) is 9.59 Å². The van der Waals surface area contributed by atoms with E-state index in [9.17, 15) is 9.59 Å². The summed E-state index contributed by atoms with van der Waals surface area (Å²) in [6.45, 7) is 9.85. The number of hydrogen-bond acceptors (Lipinski definition) is 5. The van der Waals surface area contributed by atoms with E-state index in [0.29, 0.717) is 57.9 Å². The quantitative estimate of drug-likeness (QED) is 0.553. The smallest absolute Gasteiger partial charge is 0.414 e. The van der Waals surface area contributed by atoms with Gasteiger partial charge in [0.2, 0.25) is 0 Å². The van der Waals surface area contributed by atoms with Crippen molar-refractivity contribution in [1.82, 2.24) is 4.90 Å². The third kappa shape index (κ3) is 6.01. The molecule has 2 aromatic rings. The summed E-state index contributed by atoms with van der Waals surface area (Å²) in [4.78, 5) is 29.3. The summed E-state index contributed by atoms with van der Waals surface area (Å²) >= 11 is 0. The second kappa shape index (κ2) is 11.1. The Labute approximate surface area is 213 Å². The highest BCUT2D eigenvalue weighted by molar-refractivity contribution is 5.92. The summed E-state index contributed by atoms with van der Waals surface area (Å²) < 4.78 is 17.4. The van der Waals surface area contributed by atoms with Crippen LogP contribution >= 0.6 is 0 Å². The number of fused-ring (bicyclic) bond motifs is 2. The zero-order valence-electron chi connectivity index (χ0n) is 21.7. The van der Waals surface area contributed by atoms with Gasteiger partial charge >= 0.3 is 12.2 Å². The molecule has 192 valence electrons. The number of ether oxygens (including phenoxy) is 3. The van der Waals surface area contributed by atoms with Crippen molar-refractivity contribution in [1.29, 1.82) is 0 Å². The number of carbonyl (C=O) groups is 2. The molecule has 7 nitrogen and oxygen atoms in total. The molecule has 7 heteroatoms. The molecule has 0 bridgehead atoms. The Morgan fingerprint density at radius 1 is 1.06 bits per heavy atom. The van der Waals surface area contributed by atoms with Gasteiger partial charge in [0.05, 0.1) is 18.8 Å². The van der Waals surface area contributed by atoms with E-state index in [0.717, 1.165) is 27.9 Å². The number of hydrogen-bond donors (Lipinski definition) is 0. The number of nitrogens with zero attached hydrogens (tertiary/aromatic N) is 2. The molecule has 0 atom stereocenters. The van der Waals surface area contributed by atoms with Gasteiger partial charge in [-0.2, -0.15) is 0 Å². The summed E-state index contributed by atoms with van der Waals surface area (Å²) in [5, 5.41) is 0. The highest BCUT2D eigenvalue weighted by Crippen LogP contribution is 2.41. The van der Waals surface area contributed by atoms with Crippen molar-refractivity contribution in [3.8, 4) is 5.75 Å². The Hall–Kier alpha value is -3.48. The maximum Gasteiger partial charge on any atom is 0.414 e. The minimum Gasteiger partial charge on any atom is -0.489 e. The minimum atomic E-state index is -0.541. The van der Waals surface area contributed by atoms with Crippen molar-refractivity contribution in [2.45, 2.75) is 52.6 Å². The van der Waals surface area contributed by atoms with Gasteiger partial charge in [0.25, 0.3) is 0 Å². The lowest BCUT2D eigenvalue weighted by Gasteiger charge is -2.31. The lowest BCUT2D eigenvalue weighted by molar-refractivity contribution is 0.0258. The first kappa shape index (κ1) is 25.6. The van der Waals surface area contributed by atoms with Crippen LogP contribution in [0.1, 0.15) is 49.9 Å². The monoisotopic (exact) mass is 492 g/mol. The molecule has 0 aliphatic carbocycles. The molecule has 0 unspecified atom stereocenters. The zero-order chi connectivity index (χ0) is 25.7. The molecule has 0 saturated heterocycles. The Kier molecular flexibility index (Phi) is 7.87. The van der Waals surface area contributed by atoms with Crippen LogP contribution in [0, 0.1) is 0 Å². The Morgan fingerprint density at radius 3 is 2.53 bits per heavy atom. The molecular weight excluding hydrogens is 456 g/mol. The fourth-order valence-corrected chi connectivity index (χ4v) is 4.63. The highest BCUT2D eigenvalue weighted by Gasteiger charge is 2.31. The van der Waals surface area contributed by atoms with Crippen LogP contribution in [0.2, 0.25) is 0 Å². The van der Waals surface area contributed by atoms with Crippen LogP contribution in [-0.4, -0.2) is 55.5 Å². The topological polar surface area (TPSA) is 68.3 Å². The van der Waals surface area contributed by atoms with Crippen molar-refractivity contribution in [3.05, 3.63) is 64.7 Å². The second-order valence-corrected chi connectivity index (χ2v) is 10.1. The van der Waals surface area contributed by atoms with Gasteiger partial charge in [-0.3, -0.25) is 4.90 Å². The van der Waals surface area contributed by atoms with Crippen LogP contribution in [0.5, 0.6) is 5.75 Å². The van der Waals surface area contributed by atoms with Crippen LogP contribution in [0.15, 0.2) is 42.5 Å². The minimum absolute atomic E-state index is 0.299. The van der Waals surface area contributed by atoms with Gasteiger partial charge in [0.15, 0.2) is 5.75 Å². The lowest BCUT2D eigenvalue weighted by Crippen LogP contribution is -2.39. The van der Waals surface area contributed by atoms with Crippen LogP contribution in [-0.2, 0) is 28.7 Å². The predicted molar refractivity (Wildman–Crippen MR) is 141 cm³/mol. The van der Waals surface area contributed by atoms with Gasteiger partial charge in [-0.05, 0) is 63.3 Å². The number of benzene rings is 2. The predicted octanol–water partition coefficient (Wildman–Crippen LogP) is 5.63. The molecule has 0 saturated carbocycles.